The molecule has 0 spiro atoms. The summed E-state index contributed by atoms with van der Waals surface area (Å²) in [6, 6.07) is 12.0. The number of urea groups is 1. The van der Waals surface area contributed by atoms with Crippen LogP contribution in [0.25, 0.3) is 6.08 Å². The van der Waals surface area contributed by atoms with E-state index in [0.717, 1.165) is 11.1 Å². The summed E-state index contributed by atoms with van der Waals surface area (Å²) in [4.78, 5) is 22.7. The first-order valence-corrected chi connectivity index (χ1v) is 8.11. The summed E-state index contributed by atoms with van der Waals surface area (Å²) >= 11 is 0. The van der Waals surface area contributed by atoms with Crippen LogP contribution in [0.2, 0.25) is 0 Å². The van der Waals surface area contributed by atoms with Crippen LogP contribution in [0.4, 0.5) is 10.5 Å². The van der Waals surface area contributed by atoms with Crippen molar-refractivity contribution in [2.45, 2.75) is 6.54 Å². The summed E-state index contributed by atoms with van der Waals surface area (Å²) in [6.45, 7) is 1.44. The first-order valence-electron chi connectivity index (χ1n) is 8.11. The number of anilines is 1. The van der Waals surface area contributed by atoms with Gasteiger partial charge in [0.2, 0.25) is 5.91 Å². The predicted octanol–water partition coefficient (Wildman–Crippen LogP) is 2.28. The van der Waals surface area contributed by atoms with E-state index in [2.05, 4.69) is 10.6 Å². The molecule has 0 radical (unpaired) electrons. The highest BCUT2D eigenvalue weighted by atomic mass is 16.6. The Bertz CT molecular complexity index is 831. The standard InChI is InChI=1S/C19H19N3O4/c20-19(24)22-15-5-1-14(2-6-15)12-21-18(23)8-4-13-3-7-16-17(11-13)26-10-9-25-16/h1-8,11H,9-10,12H2,(H,21,23)(H3,20,22,24)/b8-4+. The summed E-state index contributed by atoms with van der Waals surface area (Å²) in [6.07, 6.45) is 3.18. The number of hydrogen-bond acceptors (Lipinski definition) is 4. The Hall–Kier alpha value is -3.48. The van der Waals surface area contributed by atoms with Gasteiger partial charge in [-0.05, 0) is 41.5 Å². The first-order chi connectivity index (χ1) is 12.6. The summed E-state index contributed by atoms with van der Waals surface area (Å²) < 4.78 is 11.0. The molecule has 1 aliphatic rings. The highest BCUT2D eigenvalue weighted by Gasteiger charge is 2.10. The molecule has 134 valence electrons. The van der Waals surface area contributed by atoms with Gasteiger partial charge in [0, 0.05) is 18.3 Å². The Labute approximate surface area is 150 Å². The molecule has 0 saturated carbocycles. The number of benzene rings is 2. The number of nitrogens with two attached hydrogens (primary N) is 1. The van der Waals surface area contributed by atoms with Gasteiger partial charge in [-0.25, -0.2) is 4.79 Å². The maximum Gasteiger partial charge on any atom is 0.316 e. The van der Waals surface area contributed by atoms with E-state index in [0.29, 0.717) is 36.9 Å². The molecule has 4 N–H and O–H groups in total. The van der Waals surface area contributed by atoms with Crippen molar-refractivity contribution in [3.8, 4) is 11.5 Å². The molecule has 1 heterocycles. The smallest absolute Gasteiger partial charge is 0.316 e. The maximum atomic E-state index is 12.0. The van der Waals surface area contributed by atoms with Crippen molar-refractivity contribution in [1.29, 1.82) is 0 Å². The lowest BCUT2D eigenvalue weighted by Crippen LogP contribution is -2.20. The highest BCUT2D eigenvalue weighted by Crippen LogP contribution is 2.31. The van der Waals surface area contributed by atoms with Crippen molar-refractivity contribution in [3.05, 3.63) is 59.7 Å². The van der Waals surface area contributed by atoms with E-state index >= 15 is 0 Å². The zero-order valence-corrected chi connectivity index (χ0v) is 14.0. The van der Waals surface area contributed by atoms with Crippen molar-refractivity contribution in [2.24, 2.45) is 5.73 Å². The molecular weight excluding hydrogens is 334 g/mol. The lowest BCUT2D eigenvalue weighted by molar-refractivity contribution is -0.116. The number of carbonyl (C=O) groups excluding carboxylic acids is 2. The number of hydrogen-bond donors (Lipinski definition) is 3. The van der Waals surface area contributed by atoms with E-state index in [-0.39, 0.29) is 5.91 Å². The van der Waals surface area contributed by atoms with Gasteiger partial charge in [0.1, 0.15) is 13.2 Å². The van der Waals surface area contributed by atoms with Gasteiger partial charge in [0.15, 0.2) is 11.5 Å². The second-order valence-electron chi connectivity index (χ2n) is 5.64. The van der Waals surface area contributed by atoms with Gasteiger partial charge in [0.05, 0.1) is 0 Å². The molecule has 2 aromatic carbocycles. The van der Waals surface area contributed by atoms with Gasteiger partial charge in [-0.2, -0.15) is 0 Å². The molecule has 3 amide bonds. The molecule has 1 aliphatic heterocycles. The number of carbonyl (C=O) groups is 2. The van der Waals surface area contributed by atoms with Crippen LogP contribution < -0.4 is 25.8 Å². The molecule has 0 unspecified atom stereocenters. The third kappa shape index (κ3) is 4.76. The first kappa shape index (κ1) is 17.3. The maximum absolute atomic E-state index is 12.0. The predicted molar refractivity (Wildman–Crippen MR) is 98.0 cm³/mol. The van der Waals surface area contributed by atoms with Crippen LogP contribution in [0.15, 0.2) is 48.5 Å². The quantitative estimate of drug-likeness (QED) is 0.718. The summed E-state index contributed by atoms with van der Waals surface area (Å²) in [7, 11) is 0. The second-order valence-corrected chi connectivity index (χ2v) is 5.64. The lowest BCUT2D eigenvalue weighted by Gasteiger charge is -2.18. The van der Waals surface area contributed by atoms with E-state index in [1.807, 2.05) is 18.2 Å². The van der Waals surface area contributed by atoms with E-state index in [1.165, 1.54) is 6.08 Å². The number of rotatable bonds is 5. The average molecular weight is 353 g/mol. The van der Waals surface area contributed by atoms with Crippen molar-refractivity contribution >= 4 is 23.7 Å². The number of nitrogens with one attached hydrogen (secondary N) is 2. The molecule has 7 nitrogen and oxygen atoms in total. The Morgan fingerprint density at radius 2 is 1.77 bits per heavy atom. The van der Waals surface area contributed by atoms with Crippen molar-refractivity contribution in [1.82, 2.24) is 5.32 Å². The van der Waals surface area contributed by atoms with Crippen LogP contribution in [0.1, 0.15) is 11.1 Å². The second kappa shape index (κ2) is 8.06. The molecule has 0 bridgehead atoms. The molecular formula is C19H19N3O4. The molecule has 0 atom stereocenters. The monoisotopic (exact) mass is 353 g/mol. The van der Waals surface area contributed by atoms with E-state index in [9.17, 15) is 9.59 Å². The average Bonchev–Trinajstić information content (AvgIpc) is 2.65. The fourth-order valence-corrected chi connectivity index (χ4v) is 2.43. The lowest BCUT2D eigenvalue weighted by atomic mass is 10.1. The summed E-state index contributed by atoms with van der Waals surface area (Å²) in [5, 5.41) is 5.28. The SMILES string of the molecule is NC(=O)Nc1ccc(CNC(=O)/C=C/c2ccc3c(c2)OCCO3)cc1. The number of primary amides is 1. The number of amides is 3. The van der Waals surface area contributed by atoms with Crippen molar-refractivity contribution < 1.29 is 19.1 Å². The largest absolute Gasteiger partial charge is 0.486 e. The van der Waals surface area contributed by atoms with Crippen molar-refractivity contribution in [3.63, 3.8) is 0 Å². The molecule has 2 aromatic rings. The molecule has 7 heteroatoms. The third-order valence-corrected chi connectivity index (χ3v) is 3.68. The Morgan fingerprint density at radius 3 is 2.50 bits per heavy atom. The Morgan fingerprint density at radius 1 is 1.04 bits per heavy atom. The Balaban J connectivity index is 1.52. The fourth-order valence-electron chi connectivity index (χ4n) is 2.43. The molecule has 3 rings (SSSR count). The van der Waals surface area contributed by atoms with Crippen molar-refractivity contribution in [2.75, 3.05) is 18.5 Å². The van der Waals surface area contributed by atoms with Gasteiger partial charge in [-0.15, -0.1) is 0 Å². The normalized spacial score (nSPS) is 12.6. The number of ether oxygens (including phenoxy) is 2. The molecule has 26 heavy (non-hydrogen) atoms. The van der Waals surface area contributed by atoms with E-state index in [1.54, 1.807) is 30.3 Å². The topological polar surface area (TPSA) is 103 Å². The van der Waals surface area contributed by atoms with Crippen LogP contribution in [0.5, 0.6) is 11.5 Å². The van der Waals surface area contributed by atoms with Gasteiger partial charge >= 0.3 is 6.03 Å². The Kier molecular flexibility index (Phi) is 5.38. The highest BCUT2D eigenvalue weighted by molar-refractivity contribution is 5.91. The molecule has 0 aromatic heterocycles. The van der Waals surface area contributed by atoms with Crippen LogP contribution in [-0.2, 0) is 11.3 Å². The van der Waals surface area contributed by atoms with Crippen LogP contribution in [0, 0.1) is 0 Å². The van der Waals surface area contributed by atoms with Crippen LogP contribution in [0.3, 0.4) is 0 Å². The van der Waals surface area contributed by atoms with Gasteiger partial charge < -0.3 is 25.8 Å². The minimum atomic E-state index is -0.615. The zero-order chi connectivity index (χ0) is 18.4. The molecule has 0 saturated heterocycles. The number of fused-ring (bicyclic) bond motifs is 1. The minimum Gasteiger partial charge on any atom is -0.486 e. The summed E-state index contributed by atoms with van der Waals surface area (Å²) in [5.41, 5.74) is 7.41. The van der Waals surface area contributed by atoms with Gasteiger partial charge in [-0.1, -0.05) is 18.2 Å². The van der Waals surface area contributed by atoms with E-state index in [4.69, 9.17) is 15.2 Å². The summed E-state index contributed by atoms with van der Waals surface area (Å²) in [5.74, 6) is 1.19. The fraction of sp³-hybridized carbons (Fsp3) is 0.158. The van der Waals surface area contributed by atoms with Gasteiger partial charge in [-0.3, -0.25) is 4.79 Å². The molecule has 0 fully saturated rings. The molecule has 0 aliphatic carbocycles. The third-order valence-electron chi connectivity index (χ3n) is 3.68. The van der Waals surface area contributed by atoms with Crippen LogP contribution in [-0.4, -0.2) is 25.2 Å². The zero-order valence-electron chi connectivity index (χ0n) is 14.0. The van der Waals surface area contributed by atoms with Gasteiger partial charge in [0.25, 0.3) is 0 Å². The van der Waals surface area contributed by atoms with Crippen LogP contribution >= 0.6 is 0 Å². The minimum absolute atomic E-state index is 0.209. The van der Waals surface area contributed by atoms with E-state index < -0.39 is 6.03 Å².